The number of benzene rings is 3. The second kappa shape index (κ2) is 9.37. The lowest BCUT2D eigenvalue weighted by molar-refractivity contribution is 0.102. The zero-order valence-corrected chi connectivity index (χ0v) is 18.7. The van der Waals surface area contributed by atoms with Crippen molar-refractivity contribution in [3.05, 3.63) is 88.9 Å². The number of Topliss-reactive ketones (excluding diaryl/α,β-unsaturated/α-hetero) is 1. The predicted octanol–water partition coefficient (Wildman–Crippen LogP) is 5.88. The second-order valence-corrected chi connectivity index (χ2v) is 8.30. The Morgan fingerprint density at radius 1 is 0.968 bits per heavy atom. The monoisotopic (exact) mass is 449 g/mol. The van der Waals surface area contributed by atoms with E-state index in [-0.39, 0.29) is 11.5 Å². The van der Waals surface area contributed by atoms with E-state index in [1.54, 1.807) is 7.11 Å². The fourth-order valence-corrected chi connectivity index (χ4v) is 4.04. The number of ketones is 1. The number of thioether (sulfide) groups is 1. The Bertz CT molecular complexity index is 1190. The zero-order valence-electron chi connectivity index (χ0n) is 17.1. The molecular weight excluding hydrogens is 430 g/mol. The van der Waals surface area contributed by atoms with E-state index in [2.05, 4.69) is 10.2 Å². The van der Waals surface area contributed by atoms with E-state index in [0.717, 1.165) is 22.6 Å². The molecule has 156 valence electrons. The lowest BCUT2D eigenvalue weighted by Gasteiger charge is -2.11. The van der Waals surface area contributed by atoms with Crippen LogP contribution in [0.4, 0.5) is 0 Å². The van der Waals surface area contributed by atoms with Crippen LogP contribution in [0.15, 0.2) is 78.0 Å². The van der Waals surface area contributed by atoms with Gasteiger partial charge in [0.25, 0.3) is 0 Å². The fraction of sp³-hybridized carbons (Fsp3) is 0.125. The molecule has 7 heteroatoms. The molecular formula is C24H20ClN3O2S. The molecule has 4 aromatic rings. The topological polar surface area (TPSA) is 57.0 Å². The molecule has 1 heterocycles. The molecule has 0 amide bonds. The van der Waals surface area contributed by atoms with Crippen LogP contribution in [-0.2, 0) is 0 Å². The first-order valence-corrected chi connectivity index (χ1v) is 11.0. The molecule has 0 N–H and O–H groups in total. The van der Waals surface area contributed by atoms with Gasteiger partial charge < -0.3 is 4.74 Å². The molecule has 4 rings (SSSR count). The molecule has 31 heavy (non-hydrogen) atoms. The first kappa shape index (κ1) is 21.2. The normalized spacial score (nSPS) is 10.8. The second-order valence-electron chi connectivity index (χ2n) is 6.92. The van der Waals surface area contributed by atoms with E-state index < -0.39 is 0 Å². The summed E-state index contributed by atoms with van der Waals surface area (Å²) in [5, 5.41) is 10.1. The first-order valence-electron chi connectivity index (χ1n) is 9.63. The summed E-state index contributed by atoms with van der Waals surface area (Å²) in [4.78, 5) is 12.7. The standard InChI is InChI=1S/C24H20ClN3O2S/c1-16-3-5-17(6-4-16)22(29)15-31-24-27-26-23(18-7-13-21(30-2)14-8-18)28(24)20-11-9-19(25)10-12-20/h3-14H,15H2,1-2H3. The Labute approximate surface area is 190 Å². The van der Waals surface area contributed by atoms with Gasteiger partial charge in [-0.05, 0) is 55.5 Å². The van der Waals surface area contributed by atoms with Crippen LogP contribution >= 0.6 is 23.4 Å². The van der Waals surface area contributed by atoms with Gasteiger partial charge >= 0.3 is 0 Å². The number of halogens is 1. The first-order chi connectivity index (χ1) is 15.0. The van der Waals surface area contributed by atoms with Gasteiger partial charge in [-0.1, -0.05) is 53.2 Å². The summed E-state index contributed by atoms with van der Waals surface area (Å²) >= 11 is 7.44. The smallest absolute Gasteiger partial charge is 0.196 e. The maximum Gasteiger partial charge on any atom is 0.196 e. The van der Waals surface area contributed by atoms with Crippen LogP contribution in [0.2, 0.25) is 5.02 Å². The van der Waals surface area contributed by atoms with E-state index in [4.69, 9.17) is 16.3 Å². The van der Waals surface area contributed by atoms with E-state index in [0.29, 0.717) is 21.6 Å². The number of carbonyl (C=O) groups excluding carboxylic acids is 1. The molecule has 5 nitrogen and oxygen atoms in total. The minimum Gasteiger partial charge on any atom is -0.497 e. The van der Waals surface area contributed by atoms with E-state index in [9.17, 15) is 4.79 Å². The number of methoxy groups -OCH3 is 1. The number of hydrogen-bond acceptors (Lipinski definition) is 5. The quantitative estimate of drug-likeness (QED) is 0.260. The molecule has 0 bridgehead atoms. The molecule has 0 saturated carbocycles. The van der Waals surface area contributed by atoms with Crippen molar-refractivity contribution in [1.82, 2.24) is 14.8 Å². The van der Waals surface area contributed by atoms with Crippen molar-refractivity contribution in [2.45, 2.75) is 12.1 Å². The molecule has 0 saturated heterocycles. The Kier molecular flexibility index (Phi) is 6.39. The van der Waals surface area contributed by atoms with Crippen molar-refractivity contribution in [2.24, 2.45) is 0 Å². The summed E-state index contributed by atoms with van der Waals surface area (Å²) in [7, 11) is 1.63. The highest BCUT2D eigenvalue weighted by Crippen LogP contribution is 2.30. The van der Waals surface area contributed by atoms with Crippen molar-refractivity contribution in [2.75, 3.05) is 12.9 Å². The van der Waals surface area contributed by atoms with Crippen LogP contribution in [0.3, 0.4) is 0 Å². The average Bonchev–Trinajstić information content (AvgIpc) is 3.22. The molecule has 3 aromatic carbocycles. The van der Waals surface area contributed by atoms with Gasteiger partial charge in [-0.25, -0.2) is 0 Å². The zero-order chi connectivity index (χ0) is 21.8. The average molecular weight is 450 g/mol. The predicted molar refractivity (Wildman–Crippen MR) is 125 cm³/mol. The van der Waals surface area contributed by atoms with Crippen LogP contribution in [0.1, 0.15) is 15.9 Å². The summed E-state index contributed by atoms with van der Waals surface area (Å²) in [5.74, 6) is 1.74. The van der Waals surface area contributed by atoms with Gasteiger partial charge in [-0.2, -0.15) is 0 Å². The summed E-state index contributed by atoms with van der Waals surface area (Å²) in [5.41, 5.74) is 3.56. The van der Waals surface area contributed by atoms with Crippen LogP contribution in [-0.4, -0.2) is 33.4 Å². The minimum absolute atomic E-state index is 0.0432. The molecule has 0 unspecified atom stereocenters. The number of aryl methyl sites for hydroxylation is 1. The third kappa shape index (κ3) is 4.81. The molecule has 1 aromatic heterocycles. The van der Waals surface area contributed by atoms with Gasteiger partial charge in [0, 0.05) is 21.8 Å². The van der Waals surface area contributed by atoms with E-state index in [1.807, 2.05) is 84.3 Å². The summed E-state index contributed by atoms with van der Waals surface area (Å²) < 4.78 is 7.19. The number of aromatic nitrogens is 3. The van der Waals surface area contributed by atoms with Crippen LogP contribution < -0.4 is 4.74 Å². The Hall–Kier alpha value is -3.09. The highest BCUT2D eigenvalue weighted by atomic mass is 35.5. The highest BCUT2D eigenvalue weighted by molar-refractivity contribution is 7.99. The van der Waals surface area contributed by atoms with Gasteiger partial charge in [0.05, 0.1) is 12.9 Å². The number of carbonyl (C=O) groups is 1. The van der Waals surface area contributed by atoms with Crippen molar-refractivity contribution in [3.63, 3.8) is 0 Å². The lowest BCUT2D eigenvalue weighted by Crippen LogP contribution is -2.05. The Morgan fingerprint density at radius 2 is 1.65 bits per heavy atom. The Morgan fingerprint density at radius 3 is 2.29 bits per heavy atom. The van der Waals surface area contributed by atoms with Crippen molar-refractivity contribution < 1.29 is 9.53 Å². The highest BCUT2D eigenvalue weighted by Gasteiger charge is 2.18. The minimum atomic E-state index is 0.0432. The molecule has 0 aliphatic rings. The van der Waals surface area contributed by atoms with Crippen molar-refractivity contribution in [3.8, 4) is 22.8 Å². The van der Waals surface area contributed by atoms with Crippen molar-refractivity contribution >= 4 is 29.1 Å². The van der Waals surface area contributed by atoms with Crippen LogP contribution in [0.25, 0.3) is 17.1 Å². The Balaban J connectivity index is 1.66. The summed E-state index contributed by atoms with van der Waals surface area (Å²) in [6.07, 6.45) is 0. The maximum atomic E-state index is 12.7. The van der Waals surface area contributed by atoms with Crippen LogP contribution in [0.5, 0.6) is 5.75 Å². The molecule has 0 aliphatic carbocycles. The van der Waals surface area contributed by atoms with E-state index >= 15 is 0 Å². The third-order valence-corrected chi connectivity index (χ3v) is 5.95. The van der Waals surface area contributed by atoms with Gasteiger partial charge in [0.1, 0.15) is 5.75 Å². The maximum absolute atomic E-state index is 12.7. The SMILES string of the molecule is COc1ccc(-c2nnc(SCC(=O)c3ccc(C)cc3)n2-c2ccc(Cl)cc2)cc1. The molecule has 0 spiro atoms. The number of rotatable bonds is 7. The molecule has 0 atom stereocenters. The van der Waals surface area contributed by atoms with Crippen molar-refractivity contribution in [1.29, 1.82) is 0 Å². The summed E-state index contributed by atoms with van der Waals surface area (Å²) in [6.45, 7) is 2.00. The lowest BCUT2D eigenvalue weighted by atomic mass is 10.1. The molecule has 0 fully saturated rings. The van der Waals surface area contributed by atoms with Gasteiger partial charge in [0.2, 0.25) is 0 Å². The largest absolute Gasteiger partial charge is 0.497 e. The van der Waals surface area contributed by atoms with Gasteiger partial charge in [0.15, 0.2) is 16.8 Å². The number of ether oxygens (including phenoxy) is 1. The van der Waals surface area contributed by atoms with E-state index in [1.165, 1.54) is 11.8 Å². The fourth-order valence-electron chi connectivity index (χ4n) is 3.07. The van der Waals surface area contributed by atoms with Gasteiger partial charge in [-0.3, -0.25) is 9.36 Å². The van der Waals surface area contributed by atoms with Crippen LogP contribution in [0, 0.1) is 6.92 Å². The number of nitrogens with zero attached hydrogens (tertiary/aromatic N) is 3. The third-order valence-electron chi connectivity index (χ3n) is 4.77. The molecule has 0 radical (unpaired) electrons. The number of hydrogen-bond donors (Lipinski definition) is 0. The summed E-state index contributed by atoms with van der Waals surface area (Å²) in [6, 6.07) is 22.7. The molecule has 0 aliphatic heterocycles. The van der Waals surface area contributed by atoms with Gasteiger partial charge in [-0.15, -0.1) is 10.2 Å².